The lowest BCUT2D eigenvalue weighted by Crippen LogP contribution is -2.16. The Bertz CT molecular complexity index is 444. The molecule has 0 radical (unpaired) electrons. The first-order valence-corrected chi connectivity index (χ1v) is 5.05. The fourth-order valence-corrected chi connectivity index (χ4v) is 1.61. The largest absolute Gasteiger partial charge is 0.464 e. The molecule has 0 fully saturated rings. The summed E-state index contributed by atoms with van der Waals surface area (Å²) < 4.78 is 7.51. The molecule has 1 atom stereocenters. The van der Waals surface area contributed by atoms with Gasteiger partial charge in [0.25, 0.3) is 0 Å². The van der Waals surface area contributed by atoms with Crippen molar-refractivity contribution >= 4 is 0 Å². The lowest BCUT2D eigenvalue weighted by Gasteiger charge is -2.10. The maximum atomic E-state index is 6.07. The molecule has 0 bridgehead atoms. The van der Waals surface area contributed by atoms with Gasteiger partial charge in [-0.2, -0.15) is 0 Å². The second kappa shape index (κ2) is 3.90. The summed E-state index contributed by atoms with van der Waals surface area (Å²) in [5, 5.41) is 0. The molecule has 2 aromatic heterocycles. The fourth-order valence-electron chi connectivity index (χ4n) is 1.61. The van der Waals surface area contributed by atoms with Crippen molar-refractivity contribution in [3.63, 3.8) is 0 Å². The summed E-state index contributed by atoms with van der Waals surface area (Å²) in [6, 6.07) is 3.52. The standard InChI is InChI=1S/C11H15N3O/c1-3-14-7-6-13-11(14)10(12)9-5-4-8(2)15-9/h4-7,10H,3,12H2,1-2H3. The average molecular weight is 205 g/mol. The van der Waals surface area contributed by atoms with Crippen LogP contribution in [0.5, 0.6) is 0 Å². The van der Waals surface area contributed by atoms with Gasteiger partial charge >= 0.3 is 0 Å². The molecular formula is C11H15N3O. The SMILES string of the molecule is CCn1ccnc1C(N)c1ccc(C)o1. The van der Waals surface area contributed by atoms with Crippen LogP contribution in [0, 0.1) is 6.92 Å². The van der Waals surface area contributed by atoms with Crippen LogP contribution in [0.3, 0.4) is 0 Å². The topological polar surface area (TPSA) is 57.0 Å². The van der Waals surface area contributed by atoms with E-state index < -0.39 is 0 Å². The predicted molar refractivity (Wildman–Crippen MR) is 57.4 cm³/mol. The lowest BCUT2D eigenvalue weighted by molar-refractivity contribution is 0.454. The monoisotopic (exact) mass is 205 g/mol. The van der Waals surface area contributed by atoms with Crippen LogP contribution < -0.4 is 5.73 Å². The predicted octanol–water partition coefficient (Wildman–Crippen LogP) is 1.85. The quantitative estimate of drug-likeness (QED) is 0.832. The summed E-state index contributed by atoms with van der Waals surface area (Å²) in [7, 11) is 0. The van der Waals surface area contributed by atoms with Crippen molar-refractivity contribution < 1.29 is 4.42 Å². The van der Waals surface area contributed by atoms with Gasteiger partial charge in [-0.15, -0.1) is 0 Å². The van der Waals surface area contributed by atoms with Gasteiger partial charge in [-0.25, -0.2) is 4.98 Å². The van der Waals surface area contributed by atoms with Gasteiger partial charge in [0.05, 0.1) is 0 Å². The van der Waals surface area contributed by atoms with Gasteiger partial charge in [0.1, 0.15) is 23.4 Å². The van der Waals surface area contributed by atoms with Crippen molar-refractivity contribution in [1.29, 1.82) is 0 Å². The minimum Gasteiger partial charge on any atom is -0.464 e. The van der Waals surface area contributed by atoms with Gasteiger partial charge in [0.2, 0.25) is 0 Å². The number of furan rings is 1. The summed E-state index contributed by atoms with van der Waals surface area (Å²) in [6.45, 7) is 4.83. The molecule has 2 aromatic rings. The first-order valence-electron chi connectivity index (χ1n) is 5.05. The second-order valence-corrected chi connectivity index (χ2v) is 3.50. The highest BCUT2D eigenvalue weighted by molar-refractivity contribution is 5.17. The van der Waals surface area contributed by atoms with Crippen LogP contribution in [0.1, 0.15) is 30.3 Å². The van der Waals surface area contributed by atoms with E-state index in [0.29, 0.717) is 0 Å². The van der Waals surface area contributed by atoms with Crippen molar-refractivity contribution in [3.8, 4) is 0 Å². The number of aromatic nitrogens is 2. The molecule has 15 heavy (non-hydrogen) atoms. The highest BCUT2D eigenvalue weighted by Crippen LogP contribution is 2.20. The molecule has 0 aliphatic heterocycles. The molecule has 1 unspecified atom stereocenters. The Kier molecular flexibility index (Phi) is 2.60. The number of hydrogen-bond donors (Lipinski definition) is 1. The van der Waals surface area contributed by atoms with Crippen molar-refractivity contribution in [1.82, 2.24) is 9.55 Å². The maximum absolute atomic E-state index is 6.07. The van der Waals surface area contributed by atoms with E-state index in [2.05, 4.69) is 11.9 Å². The second-order valence-electron chi connectivity index (χ2n) is 3.50. The lowest BCUT2D eigenvalue weighted by atomic mass is 10.2. The number of aryl methyl sites for hydroxylation is 2. The van der Waals surface area contributed by atoms with Crippen molar-refractivity contribution in [2.75, 3.05) is 0 Å². The first kappa shape index (κ1) is 9.98. The van der Waals surface area contributed by atoms with Crippen LogP contribution in [0.25, 0.3) is 0 Å². The summed E-state index contributed by atoms with van der Waals surface area (Å²) >= 11 is 0. The highest BCUT2D eigenvalue weighted by atomic mass is 16.3. The number of imidazole rings is 1. The van der Waals surface area contributed by atoms with E-state index in [-0.39, 0.29) is 6.04 Å². The van der Waals surface area contributed by atoms with Crippen molar-refractivity contribution in [3.05, 3.63) is 41.9 Å². The van der Waals surface area contributed by atoms with Gasteiger partial charge in [-0.3, -0.25) is 0 Å². The third-order valence-electron chi connectivity index (χ3n) is 2.43. The Labute approximate surface area is 88.7 Å². The minimum atomic E-state index is -0.284. The molecule has 0 aromatic carbocycles. The molecule has 2 heterocycles. The van der Waals surface area contributed by atoms with Crippen molar-refractivity contribution in [2.45, 2.75) is 26.4 Å². The average Bonchev–Trinajstić information content (AvgIpc) is 2.84. The van der Waals surface area contributed by atoms with E-state index in [1.165, 1.54) is 0 Å². The van der Waals surface area contributed by atoms with Crippen LogP contribution in [0.2, 0.25) is 0 Å². The Morgan fingerprint density at radius 3 is 2.93 bits per heavy atom. The van der Waals surface area contributed by atoms with E-state index >= 15 is 0 Å². The van der Waals surface area contributed by atoms with Gasteiger partial charge in [0, 0.05) is 18.9 Å². The van der Waals surface area contributed by atoms with Crippen LogP contribution in [-0.2, 0) is 6.54 Å². The normalized spacial score (nSPS) is 13.0. The molecule has 0 aliphatic rings. The Hall–Kier alpha value is -1.55. The summed E-state index contributed by atoms with van der Waals surface area (Å²) in [5.74, 6) is 2.47. The van der Waals surface area contributed by atoms with Crippen LogP contribution in [0.4, 0.5) is 0 Å². The van der Waals surface area contributed by atoms with Crippen LogP contribution in [-0.4, -0.2) is 9.55 Å². The van der Waals surface area contributed by atoms with E-state index in [1.54, 1.807) is 6.20 Å². The summed E-state index contributed by atoms with van der Waals surface area (Å²) in [6.07, 6.45) is 3.68. The van der Waals surface area contributed by atoms with Crippen molar-refractivity contribution in [2.24, 2.45) is 5.73 Å². The minimum absolute atomic E-state index is 0.284. The fraction of sp³-hybridized carbons (Fsp3) is 0.364. The number of rotatable bonds is 3. The molecule has 0 saturated heterocycles. The maximum Gasteiger partial charge on any atom is 0.133 e. The van der Waals surface area contributed by atoms with E-state index in [1.807, 2.05) is 29.8 Å². The Morgan fingerprint density at radius 2 is 2.33 bits per heavy atom. The molecular weight excluding hydrogens is 190 g/mol. The van der Waals surface area contributed by atoms with Gasteiger partial charge in [-0.1, -0.05) is 0 Å². The third kappa shape index (κ3) is 1.80. The van der Waals surface area contributed by atoms with Gasteiger partial charge in [-0.05, 0) is 26.0 Å². The van der Waals surface area contributed by atoms with E-state index in [4.69, 9.17) is 10.2 Å². The molecule has 0 saturated carbocycles. The molecule has 2 rings (SSSR count). The van der Waals surface area contributed by atoms with Crippen LogP contribution >= 0.6 is 0 Å². The number of nitrogens with two attached hydrogens (primary N) is 1. The highest BCUT2D eigenvalue weighted by Gasteiger charge is 2.16. The molecule has 0 spiro atoms. The molecule has 80 valence electrons. The summed E-state index contributed by atoms with van der Waals surface area (Å²) in [4.78, 5) is 4.25. The summed E-state index contributed by atoms with van der Waals surface area (Å²) in [5.41, 5.74) is 6.07. The van der Waals surface area contributed by atoms with Gasteiger partial charge < -0.3 is 14.7 Å². The third-order valence-corrected chi connectivity index (χ3v) is 2.43. The smallest absolute Gasteiger partial charge is 0.133 e. The first-order chi connectivity index (χ1) is 7.22. The number of hydrogen-bond acceptors (Lipinski definition) is 3. The molecule has 2 N–H and O–H groups in total. The molecule has 0 amide bonds. The molecule has 4 heteroatoms. The zero-order chi connectivity index (χ0) is 10.8. The van der Waals surface area contributed by atoms with E-state index in [0.717, 1.165) is 23.9 Å². The molecule has 0 aliphatic carbocycles. The van der Waals surface area contributed by atoms with Gasteiger partial charge in [0.15, 0.2) is 0 Å². The zero-order valence-electron chi connectivity index (χ0n) is 8.97. The Morgan fingerprint density at radius 1 is 1.53 bits per heavy atom. The number of nitrogens with zero attached hydrogens (tertiary/aromatic N) is 2. The van der Waals surface area contributed by atoms with Crippen LogP contribution in [0.15, 0.2) is 28.9 Å². The zero-order valence-corrected chi connectivity index (χ0v) is 8.97. The molecule has 4 nitrogen and oxygen atoms in total. The Balaban J connectivity index is 2.31. The van der Waals surface area contributed by atoms with E-state index in [9.17, 15) is 0 Å².